The van der Waals surface area contributed by atoms with Gasteiger partial charge in [-0.1, -0.05) is 12.1 Å². The van der Waals surface area contributed by atoms with Crippen LogP contribution in [0.25, 0.3) is 0 Å². The minimum atomic E-state index is -1.47. The number of aliphatic carboxylic acids is 1. The average Bonchev–Trinajstić information content (AvgIpc) is 2.18. The smallest absolute Gasteiger partial charge is 0.337 e. The monoisotopic (exact) mass is 196 g/mol. The van der Waals surface area contributed by atoms with E-state index in [1.54, 1.807) is 12.1 Å². The Hall–Kier alpha value is -1.55. The Balaban J connectivity index is 2.77. The van der Waals surface area contributed by atoms with E-state index >= 15 is 0 Å². The van der Waals surface area contributed by atoms with Crippen LogP contribution in [0.5, 0.6) is 5.75 Å². The second kappa shape index (κ2) is 4.62. The lowest BCUT2D eigenvalue weighted by Crippen LogP contribution is -2.10. The van der Waals surface area contributed by atoms with Gasteiger partial charge < -0.3 is 14.9 Å². The Bertz CT molecular complexity index is 304. The summed E-state index contributed by atoms with van der Waals surface area (Å²) < 4.78 is 5.17. The van der Waals surface area contributed by atoms with Crippen LogP contribution >= 0.6 is 0 Å². The Morgan fingerprint density at radius 2 is 2.00 bits per heavy atom. The molecule has 4 heteroatoms. The molecule has 0 bridgehead atoms. The second-order valence-electron chi connectivity index (χ2n) is 2.74. The van der Waals surface area contributed by atoms with Crippen molar-refractivity contribution in [1.82, 2.24) is 0 Å². The molecule has 0 fully saturated rings. The molecule has 0 amide bonds. The van der Waals surface area contributed by atoms with Gasteiger partial charge in [-0.2, -0.15) is 0 Å². The number of benzene rings is 1. The largest absolute Gasteiger partial charge is 0.494 e. The molecular weight excluding hydrogens is 184 g/mol. The molecule has 14 heavy (non-hydrogen) atoms. The molecule has 0 unspecified atom stereocenters. The van der Waals surface area contributed by atoms with E-state index in [1.165, 1.54) is 12.1 Å². The van der Waals surface area contributed by atoms with Crippen molar-refractivity contribution in [2.75, 3.05) is 6.61 Å². The van der Waals surface area contributed by atoms with E-state index in [2.05, 4.69) is 0 Å². The van der Waals surface area contributed by atoms with Crippen LogP contribution in [0, 0.1) is 0 Å². The summed E-state index contributed by atoms with van der Waals surface area (Å²) in [6.07, 6.45) is -1.47. The Morgan fingerprint density at radius 1 is 1.43 bits per heavy atom. The summed E-state index contributed by atoms with van der Waals surface area (Å²) in [5.41, 5.74) is 0.348. The molecule has 1 atom stereocenters. The van der Waals surface area contributed by atoms with Gasteiger partial charge in [0.2, 0.25) is 0 Å². The fourth-order valence-corrected chi connectivity index (χ4v) is 1.06. The molecule has 1 rings (SSSR count). The lowest BCUT2D eigenvalue weighted by molar-refractivity contribution is -0.146. The maximum Gasteiger partial charge on any atom is 0.337 e. The summed E-state index contributed by atoms with van der Waals surface area (Å²) in [4.78, 5) is 10.4. The Morgan fingerprint density at radius 3 is 2.43 bits per heavy atom. The highest BCUT2D eigenvalue weighted by Crippen LogP contribution is 2.17. The van der Waals surface area contributed by atoms with Crippen LogP contribution in [0.4, 0.5) is 0 Å². The van der Waals surface area contributed by atoms with Crippen molar-refractivity contribution >= 4 is 5.97 Å². The third-order valence-electron chi connectivity index (χ3n) is 1.74. The topological polar surface area (TPSA) is 66.8 Å². The van der Waals surface area contributed by atoms with Crippen LogP contribution in [0.3, 0.4) is 0 Å². The quantitative estimate of drug-likeness (QED) is 0.759. The van der Waals surface area contributed by atoms with Gasteiger partial charge in [-0.25, -0.2) is 4.79 Å². The van der Waals surface area contributed by atoms with Gasteiger partial charge in [0, 0.05) is 0 Å². The van der Waals surface area contributed by atoms with Crippen molar-refractivity contribution in [3.8, 4) is 5.75 Å². The summed E-state index contributed by atoms with van der Waals surface area (Å²) >= 11 is 0. The zero-order chi connectivity index (χ0) is 10.6. The van der Waals surface area contributed by atoms with E-state index in [4.69, 9.17) is 9.84 Å². The molecule has 0 saturated heterocycles. The van der Waals surface area contributed by atoms with Crippen LogP contribution in [0.15, 0.2) is 24.3 Å². The first-order valence-electron chi connectivity index (χ1n) is 4.28. The number of rotatable bonds is 4. The van der Waals surface area contributed by atoms with Crippen molar-refractivity contribution in [1.29, 1.82) is 0 Å². The number of hydrogen-bond acceptors (Lipinski definition) is 3. The molecule has 0 aliphatic carbocycles. The zero-order valence-electron chi connectivity index (χ0n) is 7.80. The fraction of sp³-hybridized carbons (Fsp3) is 0.300. The van der Waals surface area contributed by atoms with Gasteiger partial charge in [0.15, 0.2) is 6.10 Å². The molecule has 2 N–H and O–H groups in total. The summed E-state index contributed by atoms with van der Waals surface area (Å²) in [6.45, 7) is 2.42. The number of aliphatic hydroxyl groups is 1. The number of carbonyl (C=O) groups is 1. The summed E-state index contributed by atoms with van der Waals surface area (Å²) in [7, 11) is 0. The highest BCUT2D eigenvalue weighted by molar-refractivity contribution is 5.74. The zero-order valence-corrected chi connectivity index (χ0v) is 7.80. The molecule has 0 aromatic heterocycles. The van der Waals surface area contributed by atoms with Gasteiger partial charge in [-0.3, -0.25) is 0 Å². The molecular formula is C10H12O4. The third kappa shape index (κ3) is 2.47. The third-order valence-corrected chi connectivity index (χ3v) is 1.74. The van der Waals surface area contributed by atoms with Crippen LogP contribution < -0.4 is 4.74 Å². The van der Waals surface area contributed by atoms with Gasteiger partial charge >= 0.3 is 5.97 Å². The Kier molecular flexibility index (Phi) is 3.48. The number of hydrogen-bond donors (Lipinski definition) is 2. The molecule has 0 radical (unpaired) electrons. The maximum atomic E-state index is 10.4. The highest BCUT2D eigenvalue weighted by atomic mass is 16.5. The molecule has 0 heterocycles. The molecule has 0 aliphatic heterocycles. The normalized spacial score (nSPS) is 12.1. The summed E-state index contributed by atoms with van der Waals surface area (Å²) in [5, 5.41) is 17.7. The van der Waals surface area contributed by atoms with E-state index in [9.17, 15) is 9.90 Å². The van der Waals surface area contributed by atoms with Crippen LogP contribution in [-0.2, 0) is 4.79 Å². The summed E-state index contributed by atoms with van der Waals surface area (Å²) in [5.74, 6) is -0.594. The summed E-state index contributed by atoms with van der Waals surface area (Å²) in [6, 6.07) is 6.32. The van der Waals surface area contributed by atoms with Crippen molar-refractivity contribution in [2.45, 2.75) is 13.0 Å². The van der Waals surface area contributed by atoms with E-state index in [1.807, 2.05) is 6.92 Å². The van der Waals surface area contributed by atoms with Gasteiger partial charge in [-0.05, 0) is 24.6 Å². The van der Waals surface area contributed by atoms with Gasteiger partial charge in [0.1, 0.15) is 5.75 Å². The van der Waals surface area contributed by atoms with E-state index in [0.717, 1.165) is 0 Å². The average molecular weight is 196 g/mol. The fourth-order valence-electron chi connectivity index (χ4n) is 1.06. The molecule has 0 spiro atoms. The number of carboxylic acids is 1. The molecule has 76 valence electrons. The van der Waals surface area contributed by atoms with Crippen LogP contribution in [0.1, 0.15) is 18.6 Å². The van der Waals surface area contributed by atoms with Crippen LogP contribution in [-0.4, -0.2) is 22.8 Å². The highest BCUT2D eigenvalue weighted by Gasteiger charge is 2.15. The molecule has 0 saturated carbocycles. The predicted molar refractivity (Wildman–Crippen MR) is 50.2 cm³/mol. The van der Waals surface area contributed by atoms with E-state index in [-0.39, 0.29) is 0 Å². The van der Waals surface area contributed by atoms with Crippen molar-refractivity contribution in [3.63, 3.8) is 0 Å². The van der Waals surface area contributed by atoms with Gasteiger partial charge in [0.05, 0.1) is 6.61 Å². The first-order valence-corrected chi connectivity index (χ1v) is 4.28. The molecule has 0 aliphatic rings. The number of ether oxygens (including phenoxy) is 1. The number of aliphatic hydroxyl groups excluding tert-OH is 1. The standard InChI is InChI=1S/C10H12O4/c1-2-14-8-5-3-7(4-6-8)9(11)10(12)13/h3-6,9,11H,2H2,1H3,(H,12,13)/t9-/m1/s1. The molecule has 1 aromatic rings. The maximum absolute atomic E-state index is 10.4. The number of carboxylic acid groups (broad SMARTS) is 1. The first-order chi connectivity index (χ1) is 6.65. The molecule has 4 nitrogen and oxygen atoms in total. The van der Waals surface area contributed by atoms with E-state index in [0.29, 0.717) is 17.9 Å². The van der Waals surface area contributed by atoms with Crippen molar-refractivity contribution in [3.05, 3.63) is 29.8 Å². The van der Waals surface area contributed by atoms with Crippen molar-refractivity contribution in [2.24, 2.45) is 0 Å². The Labute approximate surface area is 81.8 Å². The minimum absolute atomic E-state index is 0.348. The lowest BCUT2D eigenvalue weighted by atomic mass is 10.1. The van der Waals surface area contributed by atoms with Gasteiger partial charge in [-0.15, -0.1) is 0 Å². The SMILES string of the molecule is CCOc1ccc([C@@H](O)C(=O)O)cc1. The lowest BCUT2D eigenvalue weighted by Gasteiger charge is -2.07. The predicted octanol–water partition coefficient (Wildman–Crippen LogP) is 1.20. The second-order valence-corrected chi connectivity index (χ2v) is 2.74. The molecule has 1 aromatic carbocycles. The first kappa shape index (κ1) is 10.5. The van der Waals surface area contributed by atoms with Gasteiger partial charge in [0.25, 0.3) is 0 Å². The minimum Gasteiger partial charge on any atom is -0.494 e. The van der Waals surface area contributed by atoms with E-state index < -0.39 is 12.1 Å². The van der Waals surface area contributed by atoms with Crippen molar-refractivity contribution < 1.29 is 19.7 Å². The van der Waals surface area contributed by atoms with Crippen LogP contribution in [0.2, 0.25) is 0 Å².